The topological polar surface area (TPSA) is 80.4 Å². The highest BCUT2D eigenvalue weighted by molar-refractivity contribution is 7.85. The number of hydrogen-bond acceptors (Lipinski definition) is 3. The molecular formula is C16H21NO3S. The zero-order valence-electron chi connectivity index (χ0n) is 12.5. The molecule has 0 amide bonds. The van der Waals surface area contributed by atoms with E-state index in [0.29, 0.717) is 6.26 Å². The standard InChI is InChI=1S/C15H17N.CH4O3S/c1-11-12(2)15(16)9-8-14(11)10-13-6-4-3-5-7-13;1-5(2,3)4/h3-9H,10,16H2,1-2H3;1H3,(H,2,3,4). The number of benzene rings is 2. The van der Waals surface area contributed by atoms with Gasteiger partial charge in [-0.3, -0.25) is 4.55 Å². The Kier molecular flexibility index (Phi) is 5.93. The molecule has 2 rings (SSSR count). The SMILES string of the molecule is CS(=O)(=O)O.Cc1c(N)ccc(Cc2ccccc2)c1C. The van der Waals surface area contributed by atoms with Crippen LogP contribution >= 0.6 is 0 Å². The molecule has 0 atom stereocenters. The number of nitrogen functional groups attached to an aromatic ring is 1. The molecule has 0 bridgehead atoms. The van der Waals surface area contributed by atoms with Crippen LogP contribution in [-0.4, -0.2) is 19.2 Å². The van der Waals surface area contributed by atoms with Gasteiger partial charge in [-0.15, -0.1) is 0 Å². The van der Waals surface area contributed by atoms with Crippen molar-refractivity contribution in [1.29, 1.82) is 0 Å². The van der Waals surface area contributed by atoms with E-state index >= 15 is 0 Å². The second kappa shape index (κ2) is 7.24. The summed E-state index contributed by atoms with van der Waals surface area (Å²) in [5.74, 6) is 0. The van der Waals surface area contributed by atoms with Crippen LogP contribution in [0.2, 0.25) is 0 Å². The Hall–Kier alpha value is -1.85. The van der Waals surface area contributed by atoms with E-state index in [2.05, 4.69) is 44.2 Å². The molecule has 2 aromatic carbocycles. The van der Waals surface area contributed by atoms with Crippen molar-refractivity contribution in [2.24, 2.45) is 0 Å². The Labute approximate surface area is 126 Å². The number of hydrogen-bond donors (Lipinski definition) is 2. The van der Waals surface area contributed by atoms with Gasteiger partial charge in [0.05, 0.1) is 6.26 Å². The molecule has 0 aliphatic carbocycles. The molecule has 3 N–H and O–H groups in total. The van der Waals surface area contributed by atoms with E-state index in [1.807, 2.05) is 12.1 Å². The summed E-state index contributed by atoms with van der Waals surface area (Å²) in [6, 6.07) is 14.6. The number of anilines is 1. The van der Waals surface area contributed by atoms with Gasteiger partial charge in [-0.2, -0.15) is 8.42 Å². The zero-order chi connectivity index (χ0) is 16.0. The van der Waals surface area contributed by atoms with Gasteiger partial charge in [0.15, 0.2) is 0 Å². The molecule has 2 aromatic rings. The third kappa shape index (κ3) is 6.42. The fraction of sp³-hybridized carbons (Fsp3) is 0.250. The van der Waals surface area contributed by atoms with Crippen molar-refractivity contribution in [3.8, 4) is 0 Å². The maximum Gasteiger partial charge on any atom is 0.261 e. The summed E-state index contributed by atoms with van der Waals surface area (Å²) in [6.45, 7) is 4.23. The molecule has 0 aliphatic heterocycles. The monoisotopic (exact) mass is 307 g/mol. The molecule has 0 saturated heterocycles. The van der Waals surface area contributed by atoms with E-state index in [0.717, 1.165) is 12.1 Å². The van der Waals surface area contributed by atoms with E-state index in [-0.39, 0.29) is 0 Å². The maximum absolute atomic E-state index is 9.19. The first-order valence-corrected chi connectivity index (χ1v) is 8.34. The Morgan fingerprint density at radius 2 is 1.52 bits per heavy atom. The van der Waals surface area contributed by atoms with Crippen molar-refractivity contribution in [2.45, 2.75) is 20.3 Å². The molecule has 0 aromatic heterocycles. The number of rotatable bonds is 2. The molecule has 5 heteroatoms. The lowest BCUT2D eigenvalue weighted by Crippen LogP contribution is -1.98. The predicted octanol–water partition coefficient (Wildman–Crippen LogP) is 2.98. The van der Waals surface area contributed by atoms with Crippen molar-refractivity contribution in [2.75, 3.05) is 12.0 Å². The van der Waals surface area contributed by atoms with Crippen LogP contribution in [0, 0.1) is 13.8 Å². The van der Waals surface area contributed by atoms with Crippen LogP contribution < -0.4 is 5.73 Å². The second-order valence-electron chi connectivity index (χ2n) is 4.96. The molecule has 0 radical (unpaired) electrons. The summed E-state index contributed by atoms with van der Waals surface area (Å²) in [7, 11) is -3.67. The quantitative estimate of drug-likeness (QED) is 0.660. The van der Waals surface area contributed by atoms with Crippen LogP contribution in [0.25, 0.3) is 0 Å². The van der Waals surface area contributed by atoms with Crippen LogP contribution in [0.4, 0.5) is 5.69 Å². The average molecular weight is 307 g/mol. The van der Waals surface area contributed by atoms with Gasteiger partial charge in [-0.1, -0.05) is 36.4 Å². The lowest BCUT2D eigenvalue weighted by Gasteiger charge is -2.11. The number of nitrogens with two attached hydrogens (primary N) is 1. The summed E-state index contributed by atoms with van der Waals surface area (Å²) in [4.78, 5) is 0. The molecule has 0 fully saturated rings. The highest BCUT2D eigenvalue weighted by atomic mass is 32.2. The third-order valence-electron chi connectivity index (χ3n) is 3.18. The molecule has 0 heterocycles. The molecule has 0 unspecified atom stereocenters. The van der Waals surface area contributed by atoms with Gasteiger partial charge >= 0.3 is 0 Å². The molecule has 114 valence electrons. The van der Waals surface area contributed by atoms with Gasteiger partial charge in [0, 0.05) is 5.69 Å². The van der Waals surface area contributed by atoms with Crippen LogP contribution in [0.1, 0.15) is 22.3 Å². The molecular weight excluding hydrogens is 286 g/mol. The Morgan fingerprint density at radius 1 is 1.00 bits per heavy atom. The van der Waals surface area contributed by atoms with Crippen molar-refractivity contribution < 1.29 is 13.0 Å². The Balaban J connectivity index is 0.000000383. The maximum atomic E-state index is 9.19. The lowest BCUT2D eigenvalue weighted by atomic mass is 9.96. The first kappa shape index (κ1) is 17.2. The van der Waals surface area contributed by atoms with Gasteiger partial charge in [0.1, 0.15) is 0 Å². The second-order valence-corrected chi connectivity index (χ2v) is 6.43. The molecule has 4 nitrogen and oxygen atoms in total. The smallest absolute Gasteiger partial charge is 0.261 e. The molecule has 21 heavy (non-hydrogen) atoms. The van der Waals surface area contributed by atoms with Gasteiger partial charge in [-0.05, 0) is 48.6 Å². The summed E-state index contributed by atoms with van der Waals surface area (Å²) >= 11 is 0. The Bertz CT molecular complexity index is 687. The summed E-state index contributed by atoms with van der Waals surface area (Å²) in [5, 5.41) is 0. The van der Waals surface area contributed by atoms with Crippen LogP contribution in [0.3, 0.4) is 0 Å². The van der Waals surface area contributed by atoms with Gasteiger partial charge < -0.3 is 5.73 Å². The van der Waals surface area contributed by atoms with Gasteiger partial charge in [0.25, 0.3) is 10.1 Å². The summed E-state index contributed by atoms with van der Waals surface area (Å²) < 4.78 is 25.9. The van der Waals surface area contributed by atoms with Crippen molar-refractivity contribution in [1.82, 2.24) is 0 Å². The summed E-state index contributed by atoms with van der Waals surface area (Å²) in [5.41, 5.74) is 12.0. The fourth-order valence-electron chi connectivity index (χ4n) is 1.90. The highest BCUT2D eigenvalue weighted by Gasteiger charge is 2.04. The highest BCUT2D eigenvalue weighted by Crippen LogP contribution is 2.21. The van der Waals surface area contributed by atoms with E-state index in [1.165, 1.54) is 22.3 Å². The van der Waals surface area contributed by atoms with Gasteiger partial charge in [-0.25, -0.2) is 0 Å². The predicted molar refractivity (Wildman–Crippen MR) is 87.0 cm³/mol. The summed E-state index contributed by atoms with van der Waals surface area (Å²) in [6.07, 6.45) is 1.70. The minimum Gasteiger partial charge on any atom is -0.399 e. The third-order valence-corrected chi connectivity index (χ3v) is 3.18. The first-order chi connectivity index (χ1) is 9.68. The first-order valence-electron chi connectivity index (χ1n) is 6.49. The Morgan fingerprint density at radius 3 is 2.05 bits per heavy atom. The van der Waals surface area contributed by atoms with E-state index in [1.54, 1.807) is 0 Å². The van der Waals surface area contributed by atoms with Crippen molar-refractivity contribution in [3.63, 3.8) is 0 Å². The van der Waals surface area contributed by atoms with Gasteiger partial charge in [0.2, 0.25) is 0 Å². The van der Waals surface area contributed by atoms with Crippen molar-refractivity contribution in [3.05, 3.63) is 64.7 Å². The van der Waals surface area contributed by atoms with Crippen LogP contribution in [-0.2, 0) is 16.5 Å². The molecule has 0 spiro atoms. The largest absolute Gasteiger partial charge is 0.399 e. The average Bonchev–Trinajstić information content (AvgIpc) is 2.39. The van der Waals surface area contributed by atoms with Crippen molar-refractivity contribution >= 4 is 15.8 Å². The van der Waals surface area contributed by atoms with E-state index < -0.39 is 10.1 Å². The fourth-order valence-corrected chi connectivity index (χ4v) is 1.90. The van der Waals surface area contributed by atoms with Crippen LogP contribution in [0.5, 0.6) is 0 Å². The minimum absolute atomic E-state index is 0.715. The van der Waals surface area contributed by atoms with Crippen LogP contribution in [0.15, 0.2) is 42.5 Å². The normalized spacial score (nSPS) is 10.7. The van der Waals surface area contributed by atoms with E-state index in [4.69, 9.17) is 10.3 Å². The molecule has 0 saturated carbocycles. The minimum atomic E-state index is -3.67. The zero-order valence-corrected chi connectivity index (χ0v) is 13.3. The van der Waals surface area contributed by atoms with E-state index in [9.17, 15) is 8.42 Å². The molecule has 0 aliphatic rings. The lowest BCUT2D eigenvalue weighted by molar-refractivity contribution is 0.490.